The molecular weight excluding hydrogens is 297 g/mol. The van der Waals surface area contributed by atoms with E-state index in [0.717, 1.165) is 36.3 Å². The largest absolute Gasteiger partial charge is 0.206 e. The van der Waals surface area contributed by atoms with Crippen molar-refractivity contribution in [2.45, 2.75) is 31.6 Å². The first-order valence-corrected chi connectivity index (χ1v) is 7.81. The highest BCUT2D eigenvalue weighted by Crippen LogP contribution is 2.41. The van der Waals surface area contributed by atoms with Gasteiger partial charge in [-0.15, -0.1) is 0 Å². The monoisotopic (exact) mass is 312 g/mol. The highest BCUT2D eigenvalue weighted by atomic mass is 35.5. The first kappa shape index (κ1) is 15.1. The fraction of sp³-hybridized carbons (Fsp3) is 0.263. The second kappa shape index (κ2) is 6.50. The van der Waals surface area contributed by atoms with Gasteiger partial charge in [-0.05, 0) is 72.9 Å². The predicted octanol–water partition coefficient (Wildman–Crippen LogP) is 5.44. The molecule has 0 N–H and O–H groups in total. The van der Waals surface area contributed by atoms with Gasteiger partial charge in [0.05, 0.1) is 5.56 Å². The van der Waals surface area contributed by atoms with Crippen molar-refractivity contribution in [1.29, 1.82) is 5.26 Å². The molecule has 3 rings (SSSR count). The molecule has 22 heavy (non-hydrogen) atoms. The summed E-state index contributed by atoms with van der Waals surface area (Å²) in [5.74, 6) is 1.57. The van der Waals surface area contributed by atoms with Gasteiger partial charge in [-0.3, -0.25) is 0 Å². The summed E-state index contributed by atoms with van der Waals surface area (Å²) in [6, 6.07) is 14.8. The van der Waals surface area contributed by atoms with Crippen LogP contribution in [0.5, 0.6) is 0 Å². The SMILES string of the molecule is N#Cc1cc(C[C]2CCC(c3ccc(Cl)cc3)C2)ccc1F. The maximum absolute atomic E-state index is 13.4. The number of hydrogen-bond donors (Lipinski definition) is 0. The highest BCUT2D eigenvalue weighted by molar-refractivity contribution is 6.30. The maximum atomic E-state index is 13.4. The molecule has 1 radical (unpaired) electrons. The second-order valence-corrected chi connectivity index (χ2v) is 6.28. The van der Waals surface area contributed by atoms with Crippen LogP contribution in [0.2, 0.25) is 5.02 Å². The second-order valence-electron chi connectivity index (χ2n) is 5.84. The first-order chi connectivity index (χ1) is 10.7. The number of nitriles is 1. The Hall–Kier alpha value is -1.85. The van der Waals surface area contributed by atoms with E-state index in [4.69, 9.17) is 16.9 Å². The first-order valence-electron chi connectivity index (χ1n) is 7.43. The maximum Gasteiger partial charge on any atom is 0.140 e. The molecule has 1 fully saturated rings. The number of rotatable bonds is 3. The van der Waals surface area contributed by atoms with Crippen LogP contribution in [-0.2, 0) is 6.42 Å². The molecule has 0 saturated heterocycles. The van der Waals surface area contributed by atoms with E-state index in [1.807, 2.05) is 18.2 Å². The fourth-order valence-electron chi connectivity index (χ4n) is 3.17. The Kier molecular flexibility index (Phi) is 4.45. The lowest BCUT2D eigenvalue weighted by Gasteiger charge is -2.12. The van der Waals surface area contributed by atoms with Crippen molar-refractivity contribution in [1.82, 2.24) is 0 Å². The lowest BCUT2D eigenvalue weighted by molar-refractivity contribution is 0.622. The normalized spacial score (nSPS) is 18.3. The summed E-state index contributed by atoms with van der Waals surface area (Å²) in [6.07, 6.45) is 4.12. The molecule has 111 valence electrons. The summed E-state index contributed by atoms with van der Waals surface area (Å²) in [7, 11) is 0. The summed E-state index contributed by atoms with van der Waals surface area (Å²) in [5.41, 5.74) is 2.48. The van der Waals surface area contributed by atoms with Gasteiger partial charge in [0, 0.05) is 5.02 Å². The van der Waals surface area contributed by atoms with Gasteiger partial charge in [0.25, 0.3) is 0 Å². The molecular formula is C19H16ClFN. The molecule has 1 saturated carbocycles. The smallest absolute Gasteiger partial charge is 0.140 e. The third kappa shape index (κ3) is 3.31. The van der Waals surface area contributed by atoms with Gasteiger partial charge in [0.15, 0.2) is 0 Å². The molecule has 1 atom stereocenters. The van der Waals surface area contributed by atoms with Gasteiger partial charge in [0.2, 0.25) is 0 Å². The third-order valence-electron chi connectivity index (χ3n) is 4.33. The van der Waals surface area contributed by atoms with E-state index < -0.39 is 5.82 Å². The Morgan fingerprint density at radius 3 is 2.68 bits per heavy atom. The Bertz CT molecular complexity index is 702. The Morgan fingerprint density at radius 2 is 1.95 bits per heavy atom. The molecule has 3 heteroatoms. The molecule has 0 heterocycles. The standard InChI is InChI=1S/C19H16ClFN/c20-18-6-4-15(5-7-18)16-3-1-13(10-16)9-14-2-8-19(21)17(11-14)12-22/h2,4-8,11,16H,1,3,9-10H2. The quantitative estimate of drug-likeness (QED) is 0.740. The molecule has 0 amide bonds. The lowest BCUT2D eigenvalue weighted by Crippen LogP contribution is -1.99. The van der Waals surface area contributed by atoms with Crippen LogP contribution in [0.3, 0.4) is 0 Å². The zero-order chi connectivity index (χ0) is 15.5. The van der Waals surface area contributed by atoms with E-state index in [9.17, 15) is 4.39 Å². The van der Waals surface area contributed by atoms with Crippen LogP contribution in [0.1, 0.15) is 41.9 Å². The number of nitrogens with zero attached hydrogens (tertiary/aromatic N) is 1. The number of hydrogen-bond acceptors (Lipinski definition) is 1. The fourth-order valence-corrected chi connectivity index (χ4v) is 3.29. The summed E-state index contributed by atoms with van der Waals surface area (Å²) < 4.78 is 13.4. The zero-order valence-electron chi connectivity index (χ0n) is 12.2. The van der Waals surface area contributed by atoms with E-state index in [1.54, 1.807) is 12.1 Å². The predicted molar refractivity (Wildman–Crippen MR) is 86.1 cm³/mol. The molecule has 0 aliphatic heterocycles. The van der Waals surface area contributed by atoms with E-state index in [0.29, 0.717) is 5.92 Å². The molecule has 2 aromatic carbocycles. The van der Waals surface area contributed by atoms with Crippen molar-refractivity contribution in [3.8, 4) is 6.07 Å². The highest BCUT2D eigenvalue weighted by Gasteiger charge is 2.26. The number of benzene rings is 2. The van der Waals surface area contributed by atoms with Crippen LogP contribution in [-0.4, -0.2) is 0 Å². The average Bonchev–Trinajstić information content (AvgIpc) is 2.98. The molecule has 1 nitrogen and oxygen atoms in total. The van der Waals surface area contributed by atoms with Crippen LogP contribution in [0.4, 0.5) is 4.39 Å². The summed E-state index contributed by atoms with van der Waals surface area (Å²) >= 11 is 5.93. The average molecular weight is 313 g/mol. The van der Waals surface area contributed by atoms with Gasteiger partial charge in [-0.25, -0.2) is 4.39 Å². The minimum Gasteiger partial charge on any atom is -0.206 e. The minimum atomic E-state index is -0.443. The van der Waals surface area contributed by atoms with Crippen molar-refractivity contribution >= 4 is 11.6 Å². The Balaban J connectivity index is 1.66. The van der Waals surface area contributed by atoms with Crippen LogP contribution in [0.25, 0.3) is 0 Å². The van der Waals surface area contributed by atoms with Gasteiger partial charge in [-0.1, -0.05) is 29.8 Å². The summed E-state index contributed by atoms with van der Waals surface area (Å²) in [6.45, 7) is 0. The van der Waals surface area contributed by atoms with E-state index in [2.05, 4.69) is 12.1 Å². The zero-order valence-corrected chi connectivity index (χ0v) is 12.9. The molecule has 0 spiro atoms. The topological polar surface area (TPSA) is 23.8 Å². The molecule has 0 aromatic heterocycles. The third-order valence-corrected chi connectivity index (χ3v) is 4.58. The van der Waals surface area contributed by atoms with Crippen molar-refractivity contribution < 1.29 is 4.39 Å². The van der Waals surface area contributed by atoms with Gasteiger partial charge in [-0.2, -0.15) is 5.26 Å². The van der Waals surface area contributed by atoms with E-state index >= 15 is 0 Å². The van der Waals surface area contributed by atoms with Gasteiger partial charge in [0.1, 0.15) is 11.9 Å². The van der Waals surface area contributed by atoms with Crippen molar-refractivity contribution in [3.05, 3.63) is 75.9 Å². The minimum absolute atomic E-state index is 0.130. The molecule has 0 bridgehead atoms. The number of halogens is 2. The van der Waals surface area contributed by atoms with Crippen molar-refractivity contribution in [3.63, 3.8) is 0 Å². The van der Waals surface area contributed by atoms with Crippen LogP contribution < -0.4 is 0 Å². The van der Waals surface area contributed by atoms with E-state index in [-0.39, 0.29) is 5.56 Å². The van der Waals surface area contributed by atoms with Crippen molar-refractivity contribution in [2.24, 2.45) is 0 Å². The van der Waals surface area contributed by atoms with E-state index in [1.165, 1.54) is 17.5 Å². The molecule has 1 unspecified atom stereocenters. The molecule has 1 aliphatic rings. The lowest BCUT2D eigenvalue weighted by atomic mass is 9.93. The summed E-state index contributed by atoms with van der Waals surface area (Å²) in [4.78, 5) is 0. The summed E-state index contributed by atoms with van der Waals surface area (Å²) in [5, 5.41) is 9.67. The van der Waals surface area contributed by atoms with Crippen LogP contribution in [0, 0.1) is 23.1 Å². The van der Waals surface area contributed by atoms with Crippen LogP contribution in [0.15, 0.2) is 42.5 Å². The van der Waals surface area contributed by atoms with Gasteiger partial charge >= 0.3 is 0 Å². The molecule has 1 aliphatic carbocycles. The Morgan fingerprint density at radius 1 is 1.18 bits per heavy atom. The Labute approximate surface area is 135 Å². The van der Waals surface area contributed by atoms with Crippen LogP contribution >= 0.6 is 11.6 Å². The van der Waals surface area contributed by atoms with Crippen molar-refractivity contribution in [2.75, 3.05) is 0 Å². The van der Waals surface area contributed by atoms with Gasteiger partial charge < -0.3 is 0 Å². The molecule has 2 aromatic rings.